The summed E-state index contributed by atoms with van der Waals surface area (Å²) >= 11 is 0. The first-order chi connectivity index (χ1) is 9.68. The van der Waals surface area contributed by atoms with Crippen molar-refractivity contribution in [3.63, 3.8) is 0 Å². The molecule has 1 aromatic carbocycles. The predicted molar refractivity (Wildman–Crippen MR) is 82.6 cm³/mol. The van der Waals surface area contributed by atoms with Gasteiger partial charge >= 0.3 is 0 Å². The Morgan fingerprint density at radius 3 is 2.14 bits per heavy atom. The van der Waals surface area contributed by atoms with Crippen LogP contribution in [0, 0.1) is 0 Å². The van der Waals surface area contributed by atoms with Crippen molar-refractivity contribution in [1.29, 1.82) is 0 Å². The smallest absolute Gasteiger partial charge is 0.293 e. The van der Waals surface area contributed by atoms with Crippen molar-refractivity contribution in [2.45, 2.75) is 39.7 Å². The number of benzene rings is 1. The number of hydrogen-bond acceptors (Lipinski definition) is 2. The number of likely N-dealkylation sites (N-methyl/N-ethyl adjacent to an activating group) is 1. The molecular formula is C16H26N3O2+. The van der Waals surface area contributed by atoms with Gasteiger partial charge in [-0.2, -0.15) is 0 Å². The van der Waals surface area contributed by atoms with E-state index in [9.17, 15) is 9.59 Å². The van der Waals surface area contributed by atoms with Crippen molar-refractivity contribution in [1.82, 2.24) is 10.9 Å². The van der Waals surface area contributed by atoms with Crippen LogP contribution in [0.15, 0.2) is 24.3 Å². The molecule has 0 aliphatic carbocycles. The van der Waals surface area contributed by atoms with E-state index in [4.69, 9.17) is 0 Å². The molecule has 21 heavy (non-hydrogen) atoms. The van der Waals surface area contributed by atoms with Crippen LogP contribution in [-0.4, -0.2) is 25.4 Å². The largest absolute Gasteiger partial charge is 0.326 e. The van der Waals surface area contributed by atoms with Crippen LogP contribution in [0.2, 0.25) is 0 Å². The van der Waals surface area contributed by atoms with E-state index in [0.29, 0.717) is 6.54 Å². The molecule has 5 nitrogen and oxygen atoms in total. The summed E-state index contributed by atoms with van der Waals surface area (Å²) in [5.74, 6) is -0.479. The van der Waals surface area contributed by atoms with E-state index in [1.54, 1.807) is 0 Å². The molecule has 1 aromatic rings. The second-order valence-electron chi connectivity index (χ2n) is 6.49. The molecule has 3 N–H and O–H groups in total. The summed E-state index contributed by atoms with van der Waals surface area (Å²) in [6.45, 7) is 8.98. The van der Waals surface area contributed by atoms with Crippen LogP contribution in [-0.2, 0) is 21.5 Å². The molecule has 0 saturated heterocycles. The predicted octanol–water partition coefficient (Wildman–Crippen LogP) is 0.166. The molecule has 0 heterocycles. The van der Waals surface area contributed by atoms with E-state index in [2.05, 4.69) is 55.9 Å². The van der Waals surface area contributed by atoms with Gasteiger partial charge in [-0.3, -0.25) is 20.4 Å². The number of nitrogens with one attached hydrogen (secondary N) is 3. The topological polar surface area (TPSA) is 62.6 Å². The summed E-state index contributed by atoms with van der Waals surface area (Å²) in [5, 5.41) is 0. The first kappa shape index (κ1) is 17.2. The maximum Gasteiger partial charge on any atom is 0.293 e. The molecule has 0 saturated carbocycles. The van der Waals surface area contributed by atoms with Crippen molar-refractivity contribution >= 4 is 11.8 Å². The van der Waals surface area contributed by atoms with Gasteiger partial charge in [-0.1, -0.05) is 45.0 Å². The molecule has 5 heteroatoms. The van der Waals surface area contributed by atoms with Crippen LogP contribution in [0.1, 0.15) is 38.8 Å². The lowest BCUT2D eigenvalue weighted by atomic mass is 9.87. The molecule has 116 valence electrons. The number of amides is 2. The van der Waals surface area contributed by atoms with Crippen LogP contribution in [0.4, 0.5) is 0 Å². The number of rotatable bonds is 4. The summed E-state index contributed by atoms with van der Waals surface area (Å²) in [7, 11) is 1.95. The van der Waals surface area contributed by atoms with E-state index in [-0.39, 0.29) is 17.2 Å². The molecule has 0 aliphatic heterocycles. The SMILES string of the molecule is CC(=O)NNC(=O)C[NH+](C)Cc1ccc(C(C)(C)C)cc1. The van der Waals surface area contributed by atoms with E-state index in [1.807, 2.05) is 7.05 Å². The highest BCUT2D eigenvalue weighted by Gasteiger charge is 2.14. The van der Waals surface area contributed by atoms with Crippen LogP contribution in [0.5, 0.6) is 0 Å². The molecule has 2 amide bonds. The number of hydrogen-bond donors (Lipinski definition) is 3. The highest BCUT2D eigenvalue weighted by Crippen LogP contribution is 2.21. The van der Waals surface area contributed by atoms with Crippen LogP contribution in [0.25, 0.3) is 0 Å². The van der Waals surface area contributed by atoms with Gasteiger partial charge in [-0.15, -0.1) is 0 Å². The molecule has 0 fully saturated rings. The van der Waals surface area contributed by atoms with Gasteiger partial charge in [0.15, 0.2) is 6.54 Å². The number of carbonyl (C=O) groups excluding carboxylic acids is 2. The quantitative estimate of drug-likeness (QED) is 0.693. The van der Waals surface area contributed by atoms with Gasteiger partial charge in [0.2, 0.25) is 5.91 Å². The third kappa shape index (κ3) is 6.40. The van der Waals surface area contributed by atoms with Gasteiger partial charge in [0.05, 0.1) is 7.05 Å². The summed E-state index contributed by atoms with van der Waals surface area (Å²) in [6.07, 6.45) is 0. The third-order valence-electron chi connectivity index (χ3n) is 3.17. The molecule has 0 aliphatic rings. The first-order valence-electron chi connectivity index (χ1n) is 7.14. The zero-order chi connectivity index (χ0) is 16.0. The molecule has 0 radical (unpaired) electrons. The molecule has 1 rings (SSSR count). The van der Waals surface area contributed by atoms with Crippen molar-refractivity contribution < 1.29 is 14.5 Å². The van der Waals surface area contributed by atoms with Crippen molar-refractivity contribution in [3.05, 3.63) is 35.4 Å². The number of quaternary nitrogens is 1. The monoisotopic (exact) mass is 292 g/mol. The van der Waals surface area contributed by atoms with Crippen molar-refractivity contribution in [2.24, 2.45) is 0 Å². The Morgan fingerprint density at radius 2 is 1.67 bits per heavy atom. The Morgan fingerprint density at radius 1 is 1.10 bits per heavy atom. The summed E-state index contributed by atoms with van der Waals surface area (Å²) in [5.41, 5.74) is 7.29. The average Bonchev–Trinajstić information content (AvgIpc) is 2.35. The zero-order valence-electron chi connectivity index (χ0n) is 13.5. The van der Waals surface area contributed by atoms with E-state index in [1.165, 1.54) is 18.1 Å². The Labute approximate surface area is 126 Å². The average molecular weight is 292 g/mol. The summed E-state index contributed by atoms with van der Waals surface area (Å²) < 4.78 is 0. The van der Waals surface area contributed by atoms with Crippen LogP contribution in [0.3, 0.4) is 0 Å². The highest BCUT2D eigenvalue weighted by atomic mass is 16.2. The fourth-order valence-corrected chi connectivity index (χ4v) is 2.01. The fourth-order valence-electron chi connectivity index (χ4n) is 2.01. The van der Waals surface area contributed by atoms with Gasteiger partial charge in [0, 0.05) is 12.5 Å². The Kier molecular flexibility index (Phi) is 5.90. The van der Waals surface area contributed by atoms with E-state index in [0.717, 1.165) is 11.4 Å². The third-order valence-corrected chi connectivity index (χ3v) is 3.17. The summed E-state index contributed by atoms with van der Waals surface area (Å²) in [6, 6.07) is 8.49. The molecule has 0 bridgehead atoms. The minimum absolute atomic E-state index is 0.148. The zero-order valence-corrected chi connectivity index (χ0v) is 13.5. The normalized spacial score (nSPS) is 12.6. The van der Waals surface area contributed by atoms with Gasteiger partial charge in [-0.05, 0) is 11.0 Å². The summed E-state index contributed by atoms with van der Waals surface area (Å²) in [4.78, 5) is 23.3. The minimum Gasteiger partial charge on any atom is -0.326 e. The maximum absolute atomic E-state index is 11.6. The maximum atomic E-state index is 11.6. The second kappa shape index (κ2) is 7.22. The first-order valence-corrected chi connectivity index (χ1v) is 7.14. The van der Waals surface area contributed by atoms with Crippen LogP contribution < -0.4 is 15.8 Å². The molecule has 0 spiro atoms. The van der Waals surface area contributed by atoms with Crippen molar-refractivity contribution in [2.75, 3.05) is 13.6 Å². The van der Waals surface area contributed by atoms with Gasteiger partial charge in [0.1, 0.15) is 6.54 Å². The number of carbonyl (C=O) groups is 2. The molecule has 1 unspecified atom stereocenters. The lowest BCUT2D eigenvalue weighted by molar-refractivity contribution is -0.885. The van der Waals surface area contributed by atoms with Gasteiger partial charge < -0.3 is 4.90 Å². The van der Waals surface area contributed by atoms with Crippen molar-refractivity contribution in [3.8, 4) is 0 Å². The van der Waals surface area contributed by atoms with Crippen LogP contribution >= 0.6 is 0 Å². The molecule has 0 aromatic heterocycles. The lowest BCUT2D eigenvalue weighted by Crippen LogP contribution is -3.09. The molecular weight excluding hydrogens is 266 g/mol. The van der Waals surface area contributed by atoms with Gasteiger partial charge in [0.25, 0.3) is 5.91 Å². The van der Waals surface area contributed by atoms with E-state index < -0.39 is 0 Å². The standard InChI is InChI=1S/C16H25N3O2/c1-12(20)17-18-15(21)11-19(5)10-13-6-8-14(9-7-13)16(2,3)4/h6-9H,10-11H2,1-5H3,(H,17,20)(H,18,21)/p+1. The molecule has 1 atom stereocenters. The lowest BCUT2D eigenvalue weighted by Gasteiger charge is -2.19. The highest BCUT2D eigenvalue weighted by molar-refractivity contribution is 5.81. The Balaban J connectivity index is 2.49. The van der Waals surface area contributed by atoms with Gasteiger partial charge in [-0.25, -0.2) is 0 Å². The Bertz CT molecular complexity index is 489. The fraction of sp³-hybridized carbons (Fsp3) is 0.500. The minimum atomic E-state index is -0.279. The Hall–Kier alpha value is -1.88. The second-order valence-corrected chi connectivity index (χ2v) is 6.49. The van der Waals surface area contributed by atoms with E-state index >= 15 is 0 Å². The number of hydrazine groups is 1.